The molecule has 1 rings (SSSR count). The molecular weight excluding hydrogens is 104 g/mol. The number of rotatable bonds is 0. The quantitative estimate of drug-likeness (QED) is 0.466. The Bertz CT molecular complexity index is 165. The number of aliphatic hydroxyl groups is 1. The lowest BCUT2D eigenvalue weighted by Crippen LogP contribution is -1.95. The van der Waals surface area contributed by atoms with Crippen LogP contribution in [0.1, 0.15) is 0 Å². The van der Waals surface area contributed by atoms with E-state index >= 15 is 0 Å². The molecule has 0 atom stereocenters. The SMILES string of the molecule is O=C1C=C[CH+]C(O)=C1. The fourth-order valence-electron chi connectivity index (χ4n) is 0.484. The molecule has 1 aliphatic carbocycles. The summed E-state index contributed by atoms with van der Waals surface area (Å²) in [6.07, 6.45) is 5.53. The summed E-state index contributed by atoms with van der Waals surface area (Å²) in [5.41, 5.74) is 0. The monoisotopic (exact) mass is 109 g/mol. The predicted octanol–water partition coefficient (Wildman–Crippen LogP) is 0.771. The zero-order valence-electron chi connectivity index (χ0n) is 4.16. The molecule has 0 fully saturated rings. The van der Waals surface area contributed by atoms with Crippen LogP contribution in [0.15, 0.2) is 24.0 Å². The Kier molecular flexibility index (Phi) is 1.08. The van der Waals surface area contributed by atoms with E-state index in [2.05, 4.69) is 0 Å². The van der Waals surface area contributed by atoms with Crippen LogP contribution in [-0.2, 0) is 4.79 Å². The zero-order chi connectivity index (χ0) is 5.98. The van der Waals surface area contributed by atoms with Crippen LogP contribution in [-0.4, -0.2) is 10.9 Å². The van der Waals surface area contributed by atoms with Gasteiger partial charge in [-0.3, -0.25) is 4.79 Å². The van der Waals surface area contributed by atoms with Gasteiger partial charge in [0, 0.05) is 0 Å². The summed E-state index contributed by atoms with van der Waals surface area (Å²) >= 11 is 0. The van der Waals surface area contributed by atoms with Crippen LogP contribution in [0.25, 0.3) is 0 Å². The number of carbonyl (C=O) groups excluding carboxylic acids is 1. The van der Waals surface area contributed by atoms with Gasteiger partial charge in [-0.15, -0.1) is 0 Å². The van der Waals surface area contributed by atoms with Crippen molar-refractivity contribution in [3.63, 3.8) is 0 Å². The molecule has 0 spiro atoms. The molecule has 1 N–H and O–H groups in total. The van der Waals surface area contributed by atoms with Crippen LogP contribution in [0.4, 0.5) is 0 Å². The van der Waals surface area contributed by atoms with Crippen LogP contribution in [0.5, 0.6) is 0 Å². The second-order valence-electron chi connectivity index (χ2n) is 1.50. The molecule has 0 aromatic heterocycles. The van der Waals surface area contributed by atoms with E-state index in [-0.39, 0.29) is 11.5 Å². The third-order valence-electron chi connectivity index (χ3n) is 0.818. The van der Waals surface area contributed by atoms with Gasteiger partial charge < -0.3 is 5.11 Å². The molecule has 0 unspecified atom stereocenters. The van der Waals surface area contributed by atoms with Crippen molar-refractivity contribution in [2.75, 3.05) is 0 Å². The summed E-state index contributed by atoms with van der Waals surface area (Å²) < 4.78 is 0. The van der Waals surface area contributed by atoms with Gasteiger partial charge >= 0.3 is 0 Å². The number of hydrogen-bond donors (Lipinski definition) is 1. The molecule has 0 heterocycles. The molecule has 0 saturated carbocycles. The molecule has 2 nitrogen and oxygen atoms in total. The van der Waals surface area contributed by atoms with E-state index < -0.39 is 0 Å². The van der Waals surface area contributed by atoms with E-state index in [1.54, 1.807) is 0 Å². The Morgan fingerprint density at radius 2 is 2.38 bits per heavy atom. The average Bonchev–Trinajstić information content (AvgIpc) is 1.64. The summed E-state index contributed by atoms with van der Waals surface area (Å²) in [5, 5.41) is 8.61. The minimum Gasteiger partial charge on any atom is -0.487 e. The Hall–Kier alpha value is -1.18. The second-order valence-corrected chi connectivity index (χ2v) is 1.50. The Labute approximate surface area is 47.1 Å². The molecular formula is C6H5O2+. The molecule has 40 valence electrons. The first-order valence-corrected chi connectivity index (χ1v) is 2.25. The van der Waals surface area contributed by atoms with Gasteiger partial charge in [-0.05, 0) is 0 Å². The van der Waals surface area contributed by atoms with Crippen molar-refractivity contribution >= 4 is 5.78 Å². The zero-order valence-corrected chi connectivity index (χ0v) is 4.16. The number of aliphatic hydroxyl groups excluding tert-OH is 1. The van der Waals surface area contributed by atoms with Crippen molar-refractivity contribution in [1.29, 1.82) is 0 Å². The largest absolute Gasteiger partial charge is 0.487 e. The maximum absolute atomic E-state index is 10.3. The van der Waals surface area contributed by atoms with E-state index in [4.69, 9.17) is 5.11 Å². The topological polar surface area (TPSA) is 37.3 Å². The molecule has 2 heteroatoms. The third kappa shape index (κ3) is 0.904. The standard InChI is InChI=1S/C6H4O2/c7-5-2-1-3-6(8)4-5/h1-4H/p+1. The average molecular weight is 109 g/mol. The molecule has 0 aromatic carbocycles. The number of hydrogen-bond acceptors (Lipinski definition) is 2. The van der Waals surface area contributed by atoms with Crippen molar-refractivity contribution in [3.8, 4) is 0 Å². The number of allylic oxidation sites excluding steroid dienone is 3. The lowest BCUT2D eigenvalue weighted by atomic mass is 10.2. The van der Waals surface area contributed by atoms with Crippen molar-refractivity contribution in [2.45, 2.75) is 0 Å². The Morgan fingerprint density at radius 1 is 1.62 bits per heavy atom. The Morgan fingerprint density at radius 3 is 2.75 bits per heavy atom. The van der Waals surface area contributed by atoms with Crippen molar-refractivity contribution in [2.24, 2.45) is 0 Å². The van der Waals surface area contributed by atoms with Crippen molar-refractivity contribution < 1.29 is 9.90 Å². The second kappa shape index (κ2) is 1.74. The smallest absolute Gasteiger partial charge is 0.288 e. The van der Waals surface area contributed by atoms with Crippen LogP contribution >= 0.6 is 0 Å². The summed E-state index contributed by atoms with van der Waals surface area (Å²) in [7, 11) is 0. The van der Waals surface area contributed by atoms with E-state index in [0.717, 1.165) is 0 Å². The number of carbonyl (C=O) groups is 1. The first kappa shape index (κ1) is 4.97. The minimum absolute atomic E-state index is 0.0255. The fourth-order valence-corrected chi connectivity index (χ4v) is 0.484. The van der Waals surface area contributed by atoms with Gasteiger partial charge in [-0.2, -0.15) is 0 Å². The van der Waals surface area contributed by atoms with Crippen LogP contribution in [0, 0.1) is 6.42 Å². The first-order valence-electron chi connectivity index (χ1n) is 2.25. The normalized spacial score (nSPS) is 17.5. The van der Waals surface area contributed by atoms with Gasteiger partial charge in [0.1, 0.15) is 6.08 Å². The highest BCUT2D eigenvalue weighted by atomic mass is 16.3. The van der Waals surface area contributed by atoms with Crippen LogP contribution in [0.2, 0.25) is 0 Å². The summed E-state index contributed by atoms with van der Waals surface area (Å²) in [6, 6.07) is 0. The molecule has 0 radical (unpaired) electrons. The minimum atomic E-state index is -0.162. The molecule has 8 heavy (non-hydrogen) atoms. The lowest BCUT2D eigenvalue weighted by molar-refractivity contribution is -0.110. The van der Waals surface area contributed by atoms with E-state index in [0.29, 0.717) is 0 Å². The maximum Gasteiger partial charge on any atom is 0.288 e. The molecule has 0 aromatic rings. The summed E-state index contributed by atoms with van der Waals surface area (Å²) in [4.78, 5) is 10.3. The van der Waals surface area contributed by atoms with E-state index in [1.165, 1.54) is 24.6 Å². The summed E-state index contributed by atoms with van der Waals surface area (Å²) in [5.74, 6) is -0.137. The van der Waals surface area contributed by atoms with Gasteiger partial charge in [-0.1, -0.05) is 0 Å². The fraction of sp³-hybridized carbons (Fsp3) is 0. The Balaban J connectivity index is 2.74. The van der Waals surface area contributed by atoms with Gasteiger partial charge in [0.2, 0.25) is 5.76 Å². The predicted molar refractivity (Wildman–Crippen MR) is 29.2 cm³/mol. The van der Waals surface area contributed by atoms with Gasteiger partial charge in [-0.25, -0.2) is 0 Å². The van der Waals surface area contributed by atoms with Crippen LogP contribution in [0.3, 0.4) is 0 Å². The van der Waals surface area contributed by atoms with Crippen LogP contribution < -0.4 is 0 Å². The van der Waals surface area contributed by atoms with Crippen molar-refractivity contribution in [3.05, 3.63) is 30.4 Å². The highest BCUT2D eigenvalue weighted by Gasteiger charge is 2.09. The maximum atomic E-state index is 10.3. The number of ketones is 1. The van der Waals surface area contributed by atoms with Gasteiger partial charge in [0.25, 0.3) is 5.78 Å². The molecule has 0 saturated heterocycles. The highest BCUT2D eigenvalue weighted by molar-refractivity contribution is 6.01. The molecule has 0 aliphatic heterocycles. The van der Waals surface area contributed by atoms with Gasteiger partial charge in [0.15, 0.2) is 0 Å². The first-order chi connectivity index (χ1) is 3.79. The summed E-state index contributed by atoms with van der Waals surface area (Å²) in [6.45, 7) is 0. The lowest BCUT2D eigenvalue weighted by Gasteiger charge is -1.86. The van der Waals surface area contributed by atoms with E-state index in [1.807, 2.05) is 0 Å². The molecule has 0 amide bonds. The van der Waals surface area contributed by atoms with E-state index in [9.17, 15) is 4.79 Å². The third-order valence-corrected chi connectivity index (χ3v) is 0.818. The highest BCUT2D eigenvalue weighted by Crippen LogP contribution is 2.01. The van der Waals surface area contributed by atoms with Gasteiger partial charge in [0.05, 0.1) is 18.6 Å². The molecule has 0 bridgehead atoms. The molecule has 1 aliphatic rings. The van der Waals surface area contributed by atoms with Crippen molar-refractivity contribution in [1.82, 2.24) is 0 Å².